The minimum absolute atomic E-state index is 0.229. The van der Waals surface area contributed by atoms with Gasteiger partial charge >= 0.3 is 0 Å². The fourth-order valence-electron chi connectivity index (χ4n) is 1.93. The van der Waals surface area contributed by atoms with E-state index in [4.69, 9.17) is 5.73 Å². The van der Waals surface area contributed by atoms with Gasteiger partial charge < -0.3 is 10.3 Å². The summed E-state index contributed by atoms with van der Waals surface area (Å²) in [6.07, 6.45) is 1.71. The fraction of sp³-hybridized carbons (Fsp3) is 0.0714. The molecule has 0 unspecified atom stereocenters. The van der Waals surface area contributed by atoms with Gasteiger partial charge in [0.2, 0.25) is 0 Å². The van der Waals surface area contributed by atoms with Gasteiger partial charge in [0.15, 0.2) is 5.65 Å². The Balaban J connectivity index is 1.99. The molecule has 0 saturated carbocycles. The van der Waals surface area contributed by atoms with Gasteiger partial charge in [-0.05, 0) is 23.8 Å². The Kier molecular flexibility index (Phi) is 2.72. The van der Waals surface area contributed by atoms with Crippen LogP contribution in [0.4, 0.5) is 0 Å². The predicted octanol–water partition coefficient (Wildman–Crippen LogP) is 1.38. The highest BCUT2D eigenvalue weighted by Gasteiger charge is 2.08. The topological polar surface area (TPSA) is 73.8 Å². The van der Waals surface area contributed by atoms with E-state index in [2.05, 4.69) is 16.0 Å². The molecule has 3 rings (SSSR count). The maximum atomic E-state index is 11.1. The maximum Gasteiger partial charge on any atom is 0.267 e. The van der Waals surface area contributed by atoms with Crippen molar-refractivity contribution in [3.63, 3.8) is 0 Å². The fourth-order valence-corrected chi connectivity index (χ4v) is 1.93. The summed E-state index contributed by atoms with van der Waals surface area (Å²) in [6, 6.07) is 14.1. The molecule has 0 aliphatic rings. The summed E-state index contributed by atoms with van der Waals surface area (Å²) in [4.78, 5) is 19.4. The predicted molar refractivity (Wildman–Crippen MR) is 70.4 cm³/mol. The average molecular weight is 251 g/mol. The van der Waals surface area contributed by atoms with Gasteiger partial charge in [0.25, 0.3) is 5.91 Å². The average Bonchev–Trinajstić information content (AvgIpc) is 2.82. The first kappa shape index (κ1) is 11.4. The zero-order valence-corrected chi connectivity index (χ0v) is 10.1. The lowest BCUT2D eigenvalue weighted by molar-refractivity contribution is 0.0996. The molecular formula is C14H11N4O. The molecule has 0 bridgehead atoms. The summed E-state index contributed by atoms with van der Waals surface area (Å²) in [5, 5.41) is 0. The number of nitrogens with two attached hydrogens (primary N) is 1. The summed E-state index contributed by atoms with van der Waals surface area (Å²) in [5.74, 6) is -0.546. The number of amides is 1. The van der Waals surface area contributed by atoms with E-state index in [1.807, 2.05) is 34.9 Å². The number of nitrogens with zero attached hydrogens (tertiary/aromatic N) is 3. The van der Waals surface area contributed by atoms with Crippen LogP contribution in [0.1, 0.15) is 16.1 Å². The highest BCUT2D eigenvalue weighted by molar-refractivity contribution is 5.92. The molecule has 2 heterocycles. The molecule has 0 aliphatic heterocycles. The van der Waals surface area contributed by atoms with Crippen molar-refractivity contribution < 1.29 is 4.79 Å². The molecule has 93 valence electrons. The molecule has 5 heteroatoms. The molecule has 0 saturated heterocycles. The molecule has 2 aromatic heterocycles. The van der Waals surface area contributed by atoms with E-state index < -0.39 is 5.91 Å². The third-order valence-electron chi connectivity index (χ3n) is 2.88. The van der Waals surface area contributed by atoms with Crippen molar-refractivity contribution in [3.05, 3.63) is 60.0 Å². The number of carbonyl (C=O) groups is 1. The number of benzene rings is 1. The third kappa shape index (κ3) is 2.18. The number of hydrogen-bond acceptors (Lipinski definition) is 3. The molecule has 5 nitrogen and oxygen atoms in total. The van der Waals surface area contributed by atoms with Gasteiger partial charge in [-0.25, -0.2) is 9.97 Å². The van der Waals surface area contributed by atoms with E-state index in [-0.39, 0.29) is 5.69 Å². The molecule has 0 atom stereocenters. The van der Waals surface area contributed by atoms with Crippen LogP contribution >= 0.6 is 0 Å². The first-order chi connectivity index (χ1) is 9.24. The van der Waals surface area contributed by atoms with Gasteiger partial charge in [-0.3, -0.25) is 4.79 Å². The molecule has 0 spiro atoms. The number of imidazole rings is 1. The summed E-state index contributed by atoms with van der Waals surface area (Å²) in [6.45, 7) is 0.697. The van der Waals surface area contributed by atoms with Gasteiger partial charge in [0.1, 0.15) is 5.69 Å². The molecule has 0 aliphatic carbocycles. The van der Waals surface area contributed by atoms with Crippen molar-refractivity contribution in [2.24, 2.45) is 5.73 Å². The lowest BCUT2D eigenvalue weighted by atomic mass is 10.2. The van der Waals surface area contributed by atoms with Crippen LogP contribution in [0.2, 0.25) is 0 Å². The molecule has 19 heavy (non-hydrogen) atoms. The second-order valence-corrected chi connectivity index (χ2v) is 4.18. The van der Waals surface area contributed by atoms with Crippen molar-refractivity contribution in [2.75, 3.05) is 0 Å². The first-order valence-corrected chi connectivity index (χ1v) is 5.81. The molecular weight excluding hydrogens is 240 g/mol. The second kappa shape index (κ2) is 4.53. The number of hydrogen-bond donors (Lipinski definition) is 1. The summed E-state index contributed by atoms with van der Waals surface area (Å²) in [5.41, 5.74) is 7.97. The van der Waals surface area contributed by atoms with Crippen LogP contribution in [-0.2, 0) is 6.54 Å². The maximum absolute atomic E-state index is 11.1. The van der Waals surface area contributed by atoms with E-state index in [9.17, 15) is 4.79 Å². The minimum Gasteiger partial charge on any atom is -0.364 e. The number of pyridine rings is 1. The summed E-state index contributed by atoms with van der Waals surface area (Å²) >= 11 is 0. The van der Waals surface area contributed by atoms with Crippen LogP contribution < -0.4 is 5.73 Å². The van der Waals surface area contributed by atoms with E-state index in [1.54, 1.807) is 12.4 Å². The number of primary amides is 1. The summed E-state index contributed by atoms with van der Waals surface area (Å²) < 4.78 is 1.97. The Hall–Kier alpha value is -2.69. The molecule has 3 aromatic rings. The Bertz CT molecular complexity index is 734. The van der Waals surface area contributed by atoms with Crippen LogP contribution in [0.25, 0.3) is 11.2 Å². The van der Waals surface area contributed by atoms with Crippen LogP contribution in [0.5, 0.6) is 0 Å². The lowest BCUT2D eigenvalue weighted by Crippen LogP contribution is -2.12. The van der Waals surface area contributed by atoms with Crippen molar-refractivity contribution in [2.45, 2.75) is 6.54 Å². The molecule has 2 N–H and O–H groups in total. The Morgan fingerprint density at radius 2 is 2.05 bits per heavy atom. The van der Waals surface area contributed by atoms with Gasteiger partial charge in [-0.2, -0.15) is 0 Å². The van der Waals surface area contributed by atoms with Crippen LogP contribution in [-0.4, -0.2) is 20.4 Å². The van der Waals surface area contributed by atoms with Gasteiger partial charge in [0.05, 0.1) is 11.8 Å². The van der Waals surface area contributed by atoms with Gasteiger partial charge in [-0.1, -0.05) is 24.3 Å². The smallest absolute Gasteiger partial charge is 0.267 e. The third-order valence-corrected chi connectivity index (χ3v) is 2.88. The zero-order chi connectivity index (χ0) is 13.2. The lowest BCUT2D eigenvalue weighted by Gasteiger charge is -2.04. The molecule has 1 aromatic carbocycles. The van der Waals surface area contributed by atoms with E-state index in [0.717, 1.165) is 11.1 Å². The van der Waals surface area contributed by atoms with Gasteiger partial charge in [0, 0.05) is 6.54 Å². The first-order valence-electron chi connectivity index (χ1n) is 5.81. The van der Waals surface area contributed by atoms with Crippen LogP contribution in [0.3, 0.4) is 0 Å². The van der Waals surface area contributed by atoms with Gasteiger partial charge in [-0.15, -0.1) is 0 Å². The second-order valence-electron chi connectivity index (χ2n) is 4.18. The largest absolute Gasteiger partial charge is 0.364 e. The van der Waals surface area contributed by atoms with Crippen molar-refractivity contribution in [3.8, 4) is 0 Å². The number of rotatable bonds is 3. The standard InChI is InChI=1S/C14H11N4O/c15-13(19)11-6-7-12-14(17-11)16-9-18(12)8-10-4-2-1-3-5-10/h2-7,9H,8H2,(H2,15,19). The molecule has 1 amide bonds. The van der Waals surface area contributed by atoms with E-state index >= 15 is 0 Å². The Morgan fingerprint density at radius 3 is 2.79 bits per heavy atom. The number of fused-ring (bicyclic) bond motifs is 1. The highest BCUT2D eigenvalue weighted by atomic mass is 16.1. The van der Waals surface area contributed by atoms with Crippen LogP contribution in [0.15, 0.2) is 42.7 Å². The van der Waals surface area contributed by atoms with E-state index in [1.165, 1.54) is 0 Å². The molecule has 0 fully saturated rings. The number of carbonyl (C=O) groups excluding carboxylic acids is 1. The quantitative estimate of drug-likeness (QED) is 0.764. The van der Waals surface area contributed by atoms with Crippen molar-refractivity contribution in [1.82, 2.24) is 14.5 Å². The van der Waals surface area contributed by atoms with Crippen LogP contribution in [0, 0.1) is 6.07 Å². The Morgan fingerprint density at radius 1 is 1.26 bits per heavy atom. The zero-order valence-electron chi connectivity index (χ0n) is 10.1. The van der Waals surface area contributed by atoms with Crippen molar-refractivity contribution in [1.29, 1.82) is 0 Å². The highest BCUT2D eigenvalue weighted by Crippen LogP contribution is 2.13. The normalized spacial score (nSPS) is 10.7. The van der Waals surface area contributed by atoms with E-state index in [0.29, 0.717) is 12.2 Å². The van der Waals surface area contributed by atoms with Crippen molar-refractivity contribution >= 4 is 17.1 Å². The monoisotopic (exact) mass is 251 g/mol. The minimum atomic E-state index is -0.546. The Labute approximate surface area is 109 Å². The number of aromatic nitrogens is 3. The molecule has 1 radical (unpaired) electrons. The summed E-state index contributed by atoms with van der Waals surface area (Å²) in [7, 11) is 0. The SMILES string of the molecule is NC(=O)c1ccc2c(ncn2Cc2cc[c]cc2)n1.